The Balaban J connectivity index is 2.85. The highest BCUT2D eigenvalue weighted by Crippen LogP contribution is 2.48. The zero-order valence-corrected chi connectivity index (χ0v) is 8.93. The Morgan fingerprint density at radius 1 is 1.17 bits per heavy atom. The van der Waals surface area contributed by atoms with E-state index in [1.54, 1.807) is 0 Å². The summed E-state index contributed by atoms with van der Waals surface area (Å²) in [5.41, 5.74) is 6.65. The summed E-state index contributed by atoms with van der Waals surface area (Å²) < 4.78 is 0. The van der Waals surface area contributed by atoms with E-state index in [1.807, 2.05) is 0 Å². The van der Waals surface area contributed by atoms with Crippen molar-refractivity contribution >= 4 is 0 Å². The highest BCUT2D eigenvalue weighted by molar-refractivity contribution is 4.98. The van der Waals surface area contributed by atoms with E-state index in [2.05, 4.69) is 27.7 Å². The quantitative estimate of drug-likeness (QED) is 0.676. The maximum Gasteiger partial charge on any atom is 0.0100 e. The maximum atomic E-state index is 6.22. The van der Waals surface area contributed by atoms with Crippen LogP contribution in [0.2, 0.25) is 0 Å². The van der Waals surface area contributed by atoms with Gasteiger partial charge >= 0.3 is 0 Å². The van der Waals surface area contributed by atoms with E-state index in [0.29, 0.717) is 11.5 Å². The highest BCUT2D eigenvalue weighted by Gasteiger charge is 2.45. The summed E-state index contributed by atoms with van der Waals surface area (Å²) in [6.07, 6.45) is 3.90. The average molecular weight is 169 g/mol. The third kappa shape index (κ3) is 1.28. The van der Waals surface area contributed by atoms with Gasteiger partial charge in [-0.3, -0.25) is 0 Å². The first-order chi connectivity index (χ1) is 5.51. The van der Waals surface area contributed by atoms with Gasteiger partial charge < -0.3 is 5.73 Å². The van der Waals surface area contributed by atoms with Crippen molar-refractivity contribution in [2.24, 2.45) is 23.0 Å². The molecule has 0 aliphatic heterocycles. The van der Waals surface area contributed by atoms with Crippen LogP contribution in [-0.4, -0.2) is 6.04 Å². The topological polar surface area (TPSA) is 26.0 Å². The molecule has 0 radical (unpaired) electrons. The van der Waals surface area contributed by atoms with Crippen molar-refractivity contribution in [3.63, 3.8) is 0 Å². The van der Waals surface area contributed by atoms with E-state index in [4.69, 9.17) is 5.73 Å². The van der Waals surface area contributed by atoms with Crippen LogP contribution >= 0.6 is 0 Å². The van der Waals surface area contributed by atoms with Crippen molar-refractivity contribution in [3.05, 3.63) is 0 Å². The van der Waals surface area contributed by atoms with Gasteiger partial charge in [0.15, 0.2) is 0 Å². The fraction of sp³-hybridized carbons (Fsp3) is 1.00. The third-order valence-corrected chi connectivity index (χ3v) is 3.97. The summed E-state index contributed by atoms with van der Waals surface area (Å²) in [6, 6.07) is 0.442. The molecule has 1 atom stereocenters. The number of hydrogen-bond donors (Lipinski definition) is 1. The summed E-state index contributed by atoms with van der Waals surface area (Å²) in [5.74, 6) is 1.46. The van der Waals surface area contributed by atoms with Gasteiger partial charge in [0.25, 0.3) is 0 Å². The second kappa shape index (κ2) is 3.37. The number of nitrogens with two attached hydrogens (primary N) is 1. The van der Waals surface area contributed by atoms with Crippen LogP contribution in [0, 0.1) is 17.3 Å². The van der Waals surface area contributed by atoms with E-state index in [-0.39, 0.29) is 0 Å². The molecule has 1 nitrogen and oxygen atoms in total. The fourth-order valence-corrected chi connectivity index (χ4v) is 3.18. The first-order valence-electron chi connectivity index (χ1n) is 5.27. The summed E-state index contributed by atoms with van der Waals surface area (Å²) in [7, 11) is 0. The second-order valence-electron chi connectivity index (χ2n) is 4.92. The lowest BCUT2D eigenvalue weighted by Gasteiger charge is -2.41. The minimum Gasteiger partial charge on any atom is -0.327 e. The Hall–Kier alpha value is -0.0400. The molecule has 0 aromatic heterocycles. The van der Waals surface area contributed by atoms with Gasteiger partial charge in [-0.05, 0) is 30.1 Å². The van der Waals surface area contributed by atoms with Gasteiger partial charge in [-0.15, -0.1) is 0 Å². The van der Waals surface area contributed by atoms with Crippen molar-refractivity contribution in [3.8, 4) is 0 Å². The zero-order chi connectivity index (χ0) is 9.35. The molecule has 0 unspecified atom stereocenters. The van der Waals surface area contributed by atoms with E-state index < -0.39 is 0 Å². The maximum absolute atomic E-state index is 6.22. The Morgan fingerprint density at radius 3 is 1.83 bits per heavy atom. The SMILES string of the molecule is CC(C)C1(C(C)C)CCC[C@H]1N. The zero-order valence-electron chi connectivity index (χ0n) is 8.93. The minimum atomic E-state index is 0.431. The van der Waals surface area contributed by atoms with Crippen molar-refractivity contribution in [2.75, 3.05) is 0 Å². The molecule has 0 amide bonds. The summed E-state index contributed by atoms with van der Waals surface area (Å²) >= 11 is 0. The van der Waals surface area contributed by atoms with Gasteiger partial charge in [-0.1, -0.05) is 34.1 Å². The summed E-state index contributed by atoms with van der Waals surface area (Å²) in [4.78, 5) is 0. The van der Waals surface area contributed by atoms with Crippen molar-refractivity contribution in [1.29, 1.82) is 0 Å². The minimum absolute atomic E-state index is 0.431. The molecular weight excluding hydrogens is 146 g/mol. The normalized spacial score (nSPS) is 28.8. The van der Waals surface area contributed by atoms with Gasteiger partial charge in [-0.25, -0.2) is 0 Å². The third-order valence-electron chi connectivity index (χ3n) is 3.97. The molecule has 0 aromatic rings. The van der Waals surface area contributed by atoms with Crippen LogP contribution in [0.3, 0.4) is 0 Å². The lowest BCUT2D eigenvalue weighted by Crippen LogP contribution is -2.45. The van der Waals surface area contributed by atoms with Crippen LogP contribution in [0.5, 0.6) is 0 Å². The Morgan fingerprint density at radius 2 is 1.67 bits per heavy atom. The molecule has 1 aliphatic rings. The molecule has 0 spiro atoms. The summed E-state index contributed by atoms with van der Waals surface area (Å²) in [5, 5.41) is 0. The average Bonchev–Trinajstić information content (AvgIpc) is 2.31. The van der Waals surface area contributed by atoms with Crippen LogP contribution < -0.4 is 5.73 Å². The number of hydrogen-bond acceptors (Lipinski definition) is 1. The van der Waals surface area contributed by atoms with Gasteiger partial charge in [-0.2, -0.15) is 0 Å². The largest absolute Gasteiger partial charge is 0.327 e. The molecular formula is C11H23N. The van der Waals surface area contributed by atoms with Crippen LogP contribution in [0.15, 0.2) is 0 Å². The molecule has 1 heteroatoms. The molecule has 0 aromatic carbocycles. The molecule has 0 bridgehead atoms. The lowest BCUT2D eigenvalue weighted by molar-refractivity contribution is 0.0985. The van der Waals surface area contributed by atoms with Crippen molar-refractivity contribution in [1.82, 2.24) is 0 Å². The van der Waals surface area contributed by atoms with E-state index in [1.165, 1.54) is 19.3 Å². The standard InChI is InChI=1S/C11H23N/c1-8(2)11(9(3)4)7-5-6-10(11)12/h8-10H,5-7,12H2,1-4H3/t10-/m1/s1. The molecule has 1 aliphatic carbocycles. The molecule has 0 saturated heterocycles. The van der Waals surface area contributed by atoms with Crippen molar-refractivity contribution in [2.45, 2.75) is 53.0 Å². The molecule has 12 heavy (non-hydrogen) atoms. The fourth-order valence-electron chi connectivity index (χ4n) is 3.18. The molecule has 0 heterocycles. The van der Waals surface area contributed by atoms with Crippen molar-refractivity contribution < 1.29 is 0 Å². The number of rotatable bonds is 2. The predicted molar refractivity (Wildman–Crippen MR) is 53.9 cm³/mol. The first-order valence-corrected chi connectivity index (χ1v) is 5.27. The Kier molecular flexibility index (Phi) is 2.82. The van der Waals surface area contributed by atoms with Gasteiger partial charge in [0.1, 0.15) is 0 Å². The van der Waals surface area contributed by atoms with Crippen LogP contribution in [0.25, 0.3) is 0 Å². The predicted octanol–water partition coefficient (Wildman–Crippen LogP) is 2.80. The lowest BCUT2D eigenvalue weighted by atomic mass is 9.65. The smallest absolute Gasteiger partial charge is 0.0100 e. The molecule has 1 fully saturated rings. The molecule has 2 N–H and O–H groups in total. The van der Waals surface area contributed by atoms with Gasteiger partial charge in [0.2, 0.25) is 0 Å². The molecule has 1 saturated carbocycles. The monoisotopic (exact) mass is 169 g/mol. The van der Waals surface area contributed by atoms with Gasteiger partial charge in [0.05, 0.1) is 0 Å². The molecule has 1 rings (SSSR count). The van der Waals surface area contributed by atoms with Crippen LogP contribution in [-0.2, 0) is 0 Å². The Bertz CT molecular complexity index is 141. The van der Waals surface area contributed by atoms with Gasteiger partial charge in [0, 0.05) is 6.04 Å². The van der Waals surface area contributed by atoms with E-state index >= 15 is 0 Å². The Labute approximate surface area is 76.7 Å². The van der Waals surface area contributed by atoms with E-state index in [9.17, 15) is 0 Å². The van der Waals surface area contributed by atoms with Crippen LogP contribution in [0.1, 0.15) is 47.0 Å². The summed E-state index contributed by atoms with van der Waals surface area (Å²) in [6.45, 7) is 9.30. The van der Waals surface area contributed by atoms with E-state index in [0.717, 1.165) is 11.8 Å². The second-order valence-corrected chi connectivity index (χ2v) is 4.92. The first kappa shape index (κ1) is 10.0. The molecule has 72 valence electrons. The highest BCUT2D eigenvalue weighted by atomic mass is 14.7. The van der Waals surface area contributed by atoms with Crippen LogP contribution in [0.4, 0.5) is 0 Å².